The van der Waals surface area contributed by atoms with Crippen LogP contribution >= 0.6 is 11.6 Å². The Bertz CT molecular complexity index is 758. The number of hydrogen-bond donors (Lipinski definition) is 2. The molecule has 0 atom stereocenters. The molecule has 0 aromatic heterocycles. The second-order valence-electron chi connectivity index (χ2n) is 4.54. The molecule has 0 spiro atoms. The van der Waals surface area contributed by atoms with Gasteiger partial charge in [-0.15, -0.1) is 0 Å². The van der Waals surface area contributed by atoms with Gasteiger partial charge in [0.15, 0.2) is 0 Å². The van der Waals surface area contributed by atoms with E-state index in [9.17, 15) is 8.42 Å². The van der Waals surface area contributed by atoms with Gasteiger partial charge in [-0.05, 0) is 49.2 Å². The molecular formula is C14H15ClN2O2S. The van der Waals surface area contributed by atoms with Gasteiger partial charge in [0.2, 0.25) is 0 Å². The van der Waals surface area contributed by atoms with E-state index in [1.165, 1.54) is 18.2 Å². The number of nitrogens with one attached hydrogen (secondary N) is 1. The van der Waals surface area contributed by atoms with Gasteiger partial charge in [0.05, 0.1) is 10.7 Å². The van der Waals surface area contributed by atoms with Crippen LogP contribution in [-0.2, 0) is 10.0 Å². The maximum Gasteiger partial charge on any atom is 0.263 e. The molecule has 0 heterocycles. The van der Waals surface area contributed by atoms with E-state index in [4.69, 9.17) is 17.3 Å². The molecule has 0 saturated heterocycles. The minimum atomic E-state index is -3.74. The van der Waals surface area contributed by atoms with E-state index >= 15 is 0 Å². The lowest BCUT2D eigenvalue weighted by atomic mass is 10.1. The first-order valence-corrected chi connectivity index (χ1v) is 7.81. The number of sulfonamides is 1. The van der Waals surface area contributed by atoms with Crippen LogP contribution < -0.4 is 10.5 Å². The van der Waals surface area contributed by atoms with Crippen molar-refractivity contribution in [3.05, 3.63) is 52.5 Å². The number of halogens is 1. The second-order valence-corrected chi connectivity index (χ2v) is 6.60. The van der Waals surface area contributed by atoms with Gasteiger partial charge < -0.3 is 5.73 Å². The third kappa shape index (κ3) is 2.89. The van der Waals surface area contributed by atoms with E-state index in [1.807, 2.05) is 19.9 Å². The van der Waals surface area contributed by atoms with Crippen molar-refractivity contribution in [2.75, 3.05) is 10.5 Å². The van der Waals surface area contributed by atoms with Crippen molar-refractivity contribution >= 4 is 33.0 Å². The number of rotatable bonds is 3. The Kier molecular flexibility index (Phi) is 3.92. The van der Waals surface area contributed by atoms with Crippen LogP contribution in [0.3, 0.4) is 0 Å². The topological polar surface area (TPSA) is 72.2 Å². The standard InChI is InChI=1S/C14H15ClN2O2S/c1-9-4-3-5-13(10(9)2)17-20(18,19)14-7-6-11(16)8-12(14)15/h3-8,17H,16H2,1-2H3. The van der Waals surface area contributed by atoms with Crippen LogP contribution in [0.5, 0.6) is 0 Å². The Labute approximate surface area is 123 Å². The van der Waals surface area contributed by atoms with E-state index in [0.29, 0.717) is 11.4 Å². The predicted molar refractivity (Wildman–Crippen MR) is 82.6 cm³/mol. The summed E-state index contributed by atoms with van der Waals surface area (Å²) < 4.78 is 27.3. The van der Waals surface area contributed by atoms with Crippen LogP contribution in [0.1, 0.15) is 11.1 Å². The van der Waals surface area contributed by atoms with Crippen LogP contribution in [0.4, 0.5) is 11.4 Å². The molecule has 3 N–H and O–H groups in total. The van der Waals surface area contributed by atoms with E-state index < -0.39 is 10.0 Å². The molecule has 2 aromatic carbocycles. The van der Waals surface area contributed by atoms with Gasteiger partial charge in [-0.3, -0.25) is 4.72 Å². The molecule has 6 heteroatoms. The lowest BCUT2D eigenvalue weighted by molar-refractivity contribution is 0.601. The highest BCUT2D eigenvalue weighted by Crippen LogP contribution is 2.27. The second kappa shape index (κ2) is 5.34. The first-order valence-electron chi connectivity index (χ1n) is 5.95. The van der Waals surface area contributed by atoms with Crippen molar-refractivity contribution in [2.24, 2.45) is 0 Å². The number of benzene rings is 2. The van der Waals surface area contributed by atoms with E-state index in [2.05, 4.69) is 4.72 Å². The van der Waals surface area contributed by atoms with E-state index in [1.54, 1.807) is 12.1 Å². The number of nitrogens with two attached hydrogens (primary N) is 1. The minimum Gasteiger partial charge on any atom is -0.399 e. The van der Waals surface area contributed by atoms with Crippen molar-refractivity contribution in [3.63, 3.8) is 0 Å². The Morgan fingerprint density at radius 2 is 1.85 bits per heavy atom. The molecule has 0 saturated carbocycles. The third-order valence-corrected chi connectivity index (χ3v) is 4.94. The summed E-state index contributed by atoms with van der Waals surface area (Å²) in [5.74, 6) is 0. The SMILES string of the molecule is Cc1cccc(NS(=O)(=O)c2ccc(N)cc2Cl)c1C. The molecule has 2 rings (SSSR count). The zero-order valence-electron chi connectivity index (χ0n) is 11.1. The Hall–Kier alpha value is -1.72. The lowest BCUT2D eigenvalue weighted by Gasteiger charge is -2.13. The number of aryl methyl sites for hydroxylation is 1. The summed E-state index contributed by atoms with van der Waals surface area (Å²) in [5.41, 5.74) is 8.41. The minimum absolute atomic E-state index is 0.00859. The van der Waals surface area contributed by atoms with Crippen molar-refractivity contribution in [1.29, 1.82) is 0 Å². The van der Waals surface area contributed by atoms with Gasteiger partial charge in [0.25, 0.3) is 10.0 Å². The fraction of sp³-hybridized carbons (Fsp3) is 0.143. The highest BCUT2D eigenvalue weighted by atomic mass is 35.5. The highest BCUT2D eigenvalue weighted by molar-refractivity contribution is 7.92. The first-order chi connectivity index (χ1) is 9.31. The molecule has 0 aliphatic rings. The van der Waals surface area contributed by atoms with Crippen LogP contribution in [0.15, 0.2) is 41.3 Å². The zero-order valence-corrected chi connectivity index (χ0v) is 12.7. The summed E-state index contributed by atoms with van der Waals surface area (Å²) in [7, 11) is -3.74. The molecule has 0 aliphatic carbocycles. The van der Waals surface area contributed by atoms with Crippen LogP contribution in [0.25, 0.3) is 0 Å². The van der Waals surface area contributed by atoms with Crippen LogP contribution in [0, 0.1) is 13.8 Å². The molecule has 0 fully saturated rings. The predicted octanol–water partition coefficient (Wildman–Crippen LogP) is 3.34. The molecule has 4 nitrogen and oxygen atoms in total. The van der Waals surface area contributed by atoms with Crippen molar-refractivity contribution in [3.8, 4) is 0 Å². The number of nitrogen functional groups attached to an aromatic ring is 1. The van der Waals surface area contributed by atoms with Gasteiger partial charge in [-0.2, -0.15) is 0 Å². The number of anilines is 2. The molecule has 0 bridgehead atoms. The largest absolute Gasteiger partial charge is 0.399 e. The van der Waals surface area contributed by atoms with E-state index in [-0.39, 0.29) is 9.92 Å². The smallest absolute Gasteiger partial charge is 0.263 e. The first kappa shape index (κ1) is 14.7. The van der Waals surface area contributed by atoms with Gasteiger partial charge in [-0.1, -0.05) is 23.7 Å². The van der Waals surface area contributed by atoms with Crippen LogP contribution in [-0.4, -0.2) is 8.42 Å². The molecule has 106 valence electrons. The average molecular weight is 311 g/mol. The van der Waals surface area contributed by atoms with Gasteiger partial charge in [-0.25, -0.2) is 8.42 Å². The molecular weight excluding hydrogens is 296 g/mol. The number of hydrogen-bond acceptors (Lipinski definition) is 3. The fourth-order valence-electron chi connectivity index (χ4n) is 1.80. The van der Waals surface area contributed by atoms with Crippen molar-refractivity contribution in [2.45, 2.75) is 18.7 Å². The molecule has 20 heavy (non-hydrogen) atoms. The Morgan fingerprint density at radius 3 is 2.50 bits per heavy atom. The quantitative estimate of drug-likeness (QED) is 0.854. The molecule has 0 radical (unpaired) electrons. The normalized spacial score (nSPS) is 11.3. The summed E-state index contributed by atoms with van der Waals surface area (Å²) in [5, 5.41) is 0.0998. The van der Waals surface area contributed by atoms with Gasteiger partial charge in [0, 0.05) is 5.69 Å². The monoisotopic (exact) mass is 310 g/mol. The fourth-order valence-corrected chi connectivity index (χ4v) is 3.47. The molecule has 0 aliphatic heterocycles. The maximum atomic E-state index is 12.4. The van der Waals surface area contributed by atoms with Crippen molar-refractivity contribution in [1.82, 2.24) is 0 Å². The van der Waals surface area contributed by atoms with Gasteiger partial charge >= 0.3 is 0 Å². The van der Waals surface area contributed by atoms with E-state index in [0.717, 1.165) is 11.1 Å². The summed E-state index contributed by atoms with van der Waals surface area (Å²) in [6.45, 7) is 3.78. The molecule has 2 aromatic rings. The summed E-state index contributed by atoms with van der Waals surface area (Å²) in [6.07, 6.45) is 0. The lowest BCUT2D eigenvalue weighted by Crippen LogP contribution is -2.14. The average Bonchev–Trinajstić information content (AvgIpc) is 2.34. The summed E-state index contributed by atoms with van der Waals surface area (Å²) in [6, 6.07) is 9.74. The third-order valence-electron chi connectivity index (χ3n) is 3.09. The Morgan fingerprint density at radius 1 is 1.15 bits per heavy atom. The zero-order chi connectivity index (χ0) is 14.9. The Balaban J connectivity index is 2.44. The highest BCUT2D eigenvalue weighted by Gasteiger charge is 2.19. The molecule has 0 amide bonds. The molecule has 0 unspecified atom stereocenters. The maximum absolute atomic E-state index is 12.4. The summed E-state index contributed by atoms with van der Waals surface area (Å²) >= 11 is 5.95. The summed E-state index contributed by atoms with van der Waals surface area (Å²) in [4.78, 5) is 0.00859. The van der Waals surface area contributed by atoms with Gasteiger partial charge in [0.1, 0.15) is 4.90 Å². The van der Waals surface area contributed by atoms with Crippen LogP contribution in [0.2, 0.25) is 5.02 Å². The van der Waals surface area contributed by atoms with Crippen molar-refractivity contribution < 1.29 is 8.42 Å².